The number of hydrogen-bond donors (Lipinski definition) is 1. The van der Waals surface area contributed by atoms with Crippen molar-refractivity contribution in [3.8, 4) is 0 Å². The summed E-state index contributed by atoms with van der Waals surface area (Å²) in [5.41, 5.74) is -2.13. The van der Waals surface area contributed by atoms with Gasteiger partial charge in [-0.2, -0.15) is 0 Å². The summed E-state index contributed by atoms with van der Waals surface area (Å²) in [5.74, 6) is -1.81. The Labute approximate surface area is 201 Å². The Kier molecular flexibility index (Phi) is 6.09. The maximum absolute atomic E-state index is 14.2. The highest BCUT2D eigenvalue weighted by molar-refractivity contribution is 6.00. The molecular formula is C26H37N3O5. The van der Waals surface area contributed by atoms with Gasteiger partial charge in [0.25, 0.3) is 0 Å². The fourth-order valence-electron chi connectivity index (χ4n) is 7.02. The summed E-state index contributed by atoms with van der Waals surface area (Å²) in [6.07, 6.45) is 14.3. The topological polar surface area (TPSA) is 90.4 Å². The van der Waals surface area contributed by atoms with Gasteiger partial charge in [0.1, 0.15) is 11.6 Å². The Morgan fingerprint density at radius 2 is 1.71 bits per heavy atom. The van der Waals surface area contributed by atoms with Crippen LogP contribution in [-0.2, 0) is 19.1 Å². The van der Waals surface area contributed by atoms with Crippen LogP contribution < -0.4 is 0 Å². The van der Waals surface area contributed by atoms with Crippen molar-refractivity contribution in [2.24, 2.45) is 11.8 Å². The normalized spacial score (nSPS) is 38.1. The van der Waals surface area contributed by atoms with Gasteiger partial charge in [-0.25, -0.2) is 0 Å². The highest BCUT2D eigenvalue weighted by atomic mass is 16.5. The molecule has 5 rings (SSSR count). The number of likely N-dealkylation sites (N-methyl/N-ethyl adjacent to an activating group) is 1. The van der Waals surface area contributed by atoms with Crippen LogP contribution in [0.3, 0.4) is 0 Å². The summed E-state index contributed by atoms with van der Waals surface area (Å²) < 4.78 is 6.78. The van der Waals surface area contributed by atoms with Crippen molar-refractivity contribution in [1.29, 1.82) is 0 Å². The van der Waals surface area contributed by atoms with E-state index in [4.69, 9.17) is 4.74 Å². The van der Waals surface area contributed by atoms with E-state index in [1.165, 1.54) is 6.42 Å². The molecule has 2 saturated heterocycles. The Morgan fingerprint density at radius 1 is 0.971 bits per heavy atom. The zero-order valence-corrected chi connectivity index (χ0v) is 20.3. The van der Waals surface area contributed by atoms with E-state index in [2.05, 4.69) is 0 Å². The standard InChI is InChI=1S/C26H37N3O5/c1-25-12-8-14-27(2)22(31)19(25)20-23(32)29(15-6-7-17-30)21-24(33)28(18-10-4-3-5-11-18)16-9-13-26(20,21)34-25/h8-9,12-13,18-21,30H,3-7,10-11,14-17H2,1-2H3/t19-,20+,21?,25+,26+/m1/s1. The van der Waals surface area contributed by atoms with Crippen molar-refractivity contribution in [2.45, 2.75) is 75.2 Å². The molecule has 4 heterocycles. The molecule has 4 aliphatic heterocycles. The van der Waals surface area contributed by atoms with E-state index in [9.17, 15) is 19.5 Å². The van der Waals surface area contributed by atoms with Crippen LogP contribution in [0, 0.1) is 11.8 Å². The number of amides is 3. The van der Waals surface area contributed by atoms with Crippen LogP contribution in [0.4, 0.5) is 0 Å². The van der Waals surface area contributed by atoms with Gasteiger partial charge in [-0.15, -0.1) is 0 Å². The highest BCUT2D eigenvalue weighted by Crippen LogP contribution is 2.57. The number of aliphatic hydroxyl groups is 1. The monoisotopic (exact) mass is 471 g/mol. The van der Waals surface area contributed by atoms with Crippen LogP contribution in [0.25, 0.3) is 0 Å². The minimum absolute atomic E-state index is 0.0363. The second kappa shape index (κ2) is 8.79. The Balaban J connectivity index is 1.58. The molecule has 0 radical (unpaired) electrons. The first-order valence-corrected chi connectivity index (χ1v) is 12.9. The first-order valence-electron chi connectivity index (χ1n) is 12.9. The Bertz CT molecular complexity index is 912. The summed E-state index contributed by atoms with van der Waals surface area (Å²) in [4.78, 5) is 47.0. The summed E-state index contributed by atoms with van der Waals surface area (Å²) in [6.45, 7) is 3.25. The second-order valence-electron chi connectivity index (χ2n) is 10.8. The van der Waals surface area contributed by atoms with Crippen LogP contribution in [0.15, 0.2) is 24.3 Å². The summed E-state index contributed by atoms with van der Waals surface area (Å²) >= 11 is 0. The van der Waals surface area contributed by atoms with Gasteiger partial charge in [-0.05, 0) is 32.6 Å². The lowest BCUT2D eigenvalue weighted by molar-refractivity contribution is -0.154. The van der Waals surface area contributed by atoms with Crippen molar-refractivity contribution in [3.05, 3.63) is 24.3 Å². The molecule has 186 valence electrons. The molecular weight excluding hydrogens is 434 g/mol. The number of fused-ring (bicyclic) bond motifs is 2. The van der Waals surface area contributed by atoms with Crippen molar-refractivity contribution < 1.29 is 24.2 Å². The highest BCUT2D eigenvalue weighted by Gasteiger charge is 2.74. The van der Waals surface area contributed by atoms with Crippen LogP contribution >= 0.6 is 0 Å². The maximum atomic E-state index is 14.2. The van der Waals surface area contributed by atoms with Crippen molar-refractivity contribution in [2.75, 3.05) is 33.3 Å². The zero-order valence-electron chi connectivity index (χ0n) is 20.3. The smallest absolute Gasteiger partial charge is 0.249 e. The van der Waals surface area contributed by atoms with Gasteiger partial charge in [0.05, 0.1) is 17.4 Å². The number of aliphatic hydroxyl groups excluding tert-OH is 1. The van der Waals surface area contributed by atoms with Crippen LogP contribution in [0.1, 0.15) is 51.9 Å². The molecule has 0 aromatic carbocycles. The third kappa shape index (κ3) is 3.44. The largest absolute Gasteiger partial charge is 0.396 e. The number of unbranched alkanes of at least 4 members (excludes halogenated alkanes) is 1. The number of ether oxygens (including phenoxy) is 1. The Hall–Kier alpha value is -2.19. The summed E-state index contributed by atoms with van der Waals surface area (Å²) in [7, 11) is 1.75. The van der Waals surface area contributed by atoms with Gasteiger partial charge in [-0.3, -0.25) is 14.4 Å². The number of hydrogen-bond acceptors (Lipinski definition) is 5. The summed E-state index contributed by atoms with van der Waals surface area (Å²) in [5, 5.41) is 9.32. The van der Waals surface area contributed by atoms with E-state index < -0.39 is 29.1 Å². The molecule has 1 unspecified atom stereocenters. The average molecular weight is 472 g/mol. The lowest BCUT2D eigenvalue weighted by Crippen LogP contribution is -2.57. The minimum atomic E-state index is -1.17. The molecule has 5 aliphatic rings. The molecule has 34 heavy (non-hydrogen) atoms. The van der Waals surface area contributed by atoms with Gasteiger partial charge in [-0.1, -0.05) is 43.6 Å². The average Bonchev–Trinajstić information content (AvgIpc) is 3.09. The number of carbonyl (C=O) groups excluding carboxylic acids is 3. The first kappa shape index (κ1) is 23.5. The van der Waals surface area contributed by atoms with Crippen LogP contribution in [-0.4, -0.2) is 94.1 Å². The third-order valence-electron chi connectivity index (χ3n) is 8.61. The first-order chi connectivity index (χ1) is 16.3. The SMILES string of the molecule is CN1CC=C[C@]2(C)O[C@]34C=CCN(C5CCCCC5)C(=O)C3N(CCCCO)C(=O)[C@@H]4[C@@H]2C1=O. The molecule has 8 nitrogen and oxygen atoms in total. The van der Waals surface area contributed by atoms with Gasteiger partial charge >= 0.3 is 0 Å². The number of carbonyl (C=O) groups is 3. The fourth-order valence-corrected chi connectivity index (χ4v) is 7.02. The van der Waals surface area contributed by atoms with Crippen molar-refractivity contribution in [3.63, 3.8) is 0 Å². The Morgan fingerprint density at radius 3 is 2.44 bits per heavy atom. The zero-order chi connectivity index (χ0) is 24.1. The predicted octanol–water partition coefficient (Wildman–Crippen LogP) is 1.49. The van der Waals surface area contributed by atoms with E-state index in [0.29, 0.717) is 32.5 Å². The molecule has 1 saturated carbocycles. The number of likely N-dealkylation sites (tertiary alicyclic amines) is 1. The minimum Gasteiger partial charge on any atom is -0.396 e. The van der Waals surface area contributed by atoms with E-state index >= 15 is 0 Å². The number of nitrogens with zero attached hydrogens (tertiary/aromatic N) is 3. The number of rotatable bonds is 5. The molecule has 0 aromatic heterocycles. The molecule has 1 N–H and O–H groups in total. The molecule has 1 aliphatic carbocycles. The molecule has 0 aromatic rings. The van der Waals surface area contributed by atoms with E-state index in [0.717, 1.165) is 25.7 Å². The van der Waals surface area contributed by atoms with Crippen molar-refractivity contribution in [1.82, 2.24) is 14.7 Å². The van der Waals surface area contributed by atoms with E-state index in [1.807, 2.05) is 36.1 Å². The van der Waals surface area contributed by atoms with Gasteiger partial charge in [0, 0.05) is 39.3 Å². The molecule has 1 spiro atoms. The molecule has 0 bridgehead atoms. The van der Waals surface area contributed by atoms with Crippen molar-refractivity contribution >= 4 is 17.7 Å². The van der Waals surface area contributed by atoms with Crippen LogP contribution in [0.2, 0.25) is 0 Å². The molecule has 3 fully saturated rings. The van der Waals surface area contributed by atoms with E-state index in [1.54, 1.807) is 16.8 Å². The van der Waals surface area contributed by atoms with Crippen LogP contribution in [0.5, 0.6) is 0 Å². The van der Waals surface area contributed by atoms with Gasteiger partial charge < -0.3 is 24.5 Å². The lowest BCUT2D eigenvalue weighted by atomic mass is 9.74. The maximum Gasteiger partial charge on any atom is 0.249 e. The quantitative estimate of drug-likeness (QED) is 0.485. The fraction of sp³-hybridized carbons (Fsp3) is 0.731. The second-order valence-corrected chi connectivity index (χ2v) is 10.8. The molecule has 3 amide bonds. The summed E-state index contributed by atoms with van der Waals surface area (Å²) in [6, 6.07) is -0.621. The third-order valence-corrected chi connectivity index (χ3v) is 8.61. The molecule has 8 heteroatoms. The van der Waals surface area contributed by atoms with Gasteiger partial charge in [0.15, 0.2) is 0 Å². The lowest BCUT2D eigenvalue weighted by Gasteiger charge is -2.40. The predicted molar refractivity (Wildman–Crippen MR) is 126 cm³/mol. The molecule has 5 atom stereocenters. The van der Waals surface area contributed by atoms with E-state index in [-0.39, 0.29) is 30.4 Å². The van der Waals surface area contributed by atoms with Gasteiger partial charge in [0.2, 0.25) is 17.7 Å².